The number of nitrogens with zero attached hydrogens (tertiary/aromatic N) is 3. The van der Waals surface area contributed by atoms with Crippen LogP contribution in [-0.2, 0) is 4.79 Å². The van der Waals surface area contributed by atoms with E-state index in [9.17, 15) is 4.79 Å². The van der Waals surface area contributed by atoms with E-state index in [-0.39, 0.29) is 17.9 Å². The fourth-order valence-electron chi connectivity index (χ4n) is 3.30. The summed E-state index contributed by atoms with van der Waals surface area (Å²) in [5.41, 5.74) is 1.69. The van der Waals surface area contributed by atoms with Gasteiger partial charge >= 0.3 is 0 Å². The summed E-state index contributed by atoms with van der Waals surface area (Å²) in [7, 11) is 1.65. The molecule has 1 aliphatic rings. The summed E-state index contributed by atoms with van der Waals surface area (Å²) >= 11 is 0. The molecule has 0 aliphatic carbocycles. The quantitative estimate of drug-likeness (QED) is 0.894. The molecule has 1 saturated heterocycles. The Labute approximate surface area is 154 Å². The Bertz CT molecular complexity index is 746. The zero-order valence-electron chi connectivity index (χ0n) is 15.6. The number of carbonyl (C=O) groups excluding carboxylic acids is 1. The van der Waals surface area contributed by atoms with Crippen molar-refractivity contribution in [2.24, 2.45) is 5.92 Å². The number of piperidine rings is 1. The van der Waals surface area contributed by atoms with Crippen molar-refractivity contribution in [2.45, 2.75) is 32.7 Å². The van der Waals surface area contributed by atoms with Gasteiger partial charge in [-0.3, -0.25) is 4.79 Å². The Morgan fingerprint density at radius 1 is 1.23 bits per heavy atom. The first kappa shape index (κ1) is 18.2. The van der Waals surface area contributed by atoms with Crippen molar-refractivity contribution in [3.05, 3.63) is 36.4 Å². The number of amides is 1. The number of methoxy groups -OCH3 is 1. The minimum Gasteiger partial charge on any atom is -0.496 e. The summed E-state index contributed by atoms with van der Waals surface area (Å²) in [6.07, 6.45) is 1.90. The number of para-hydroxylation sites is 1. The van der Waals surface area contributed by atoms with Gasteiger partial charge in [0.1, 0.15) is 5.75 Å². The number of anilines is 1. The van der Waals surface area contributed by atoms with Gasteiger partial charge in [0.15, 0.2) is 5.82 Å². The predicted octanol–water partition coefficient (Wildman–Crippen LogP) is 2.89. The molecule has 0 saturated carbocycles. The summed E-state index contributed by atoms with van der Waals surface area (Å²) in [6.45, 7) is 5.55. The Hall–Kier alpha value is -2.63. The second-order valence-corrected chi connectivity index (χ2v) is 6.93. The maximum Gasteiger partial charge on any atom is 0.225 e. The minimum absolute atomic E-state index is 0.00171. The van der Waals surface area contributed by atoms with E-state index in [1.54, 1.807) is 7.11 Å². The lowest BCUT2D eigenvalue weighted by molar-refractivity contribution is -0.125. The van der Waals surface area contributed by atoms with Crippen LogP contribution >= 0.6 is 0 Å². The molecule has 1 N–H and O–H groups in total. The Morgan fingerprint density at radius 3 is 2.73 bits per heavy atom. The van der Waals surface area contributed by atoms with Gasteiger partial charge in [-0.25, -0.2) is 0 Å². The van der Waals surface area contributed by atoms with Crippen LogP contribution < -0.4 is 15.0 Å². The van der Waals surface area contributed by atoms with Gasteiger partial charge in [-0.1, -0.05) is 12.1 Å². The first-order valence-corrected chi connectivity index (χ1v) is 9.11. The number of nitrogens with one attached hydrogen (secondary N) is 1. The molecule has 3 rings (SSSR count). The molecule has 0 bridgehead atoms. The Morgan fingerprint density at radius 2 is 2.04 bits per heavy atom. The number of aromatic nitrogens is 2. The topological polar surface area (TPSA) is 67.3 Å². The monoisotopic (exact) mass is 354 g/mol. The maximum absolute atomic E-state index is 12.3. The highest BCUT2D eigenvalue weighted by Gasteiger charge is 2.27. The van der Waals surface area contributed by atoms with Gasteiger partial charge < -0.3 is 15.0 Å². The third-order valence-corrected chi connectivity index (χ3v) is 4.58. The van der Waals surface area contributed by atoms with Gasteiger partial charge in [-0.15, -0.1) is 10.2 Å². The second-order valence-electron chi connectivity index (χ2n) is 6.93. The van der Waals surface area contributed by atoms with Gasteiger partial charge in [0.2, 0.25) is 5.91 Å². The van der Waals surface area contributed by atoms with Crippen molar-refractivity contribution in [3.8, 4) is 17.0 Å². The third kappa shape index (κ3) is 4.12. The SMILES string of the molecule is COc1ccccc1-c1ccc(N2CCC[C@@H](C(=O)NC(C)C)C2)nn1. The number of hydrogen-bond acceptors (Lipinski definition) is 5. The van der Waals surface area contributed by atoms with E-state index in [4.69, 9.17) is 4.74 Å². The number of rotatable bonds is 5. The standard InChI is InChI=1S/C20H26N4O2/c1-14(2)21-20(25)15-7-6-12-24(13-15)19-11-10-17(22-23-19)16-8-4-5-9-18(16)26-3/h4-5,8-11,14-15H,6-7,12-13H2,1-3H3,(H,21,25)/t15-/m1/s1. The van der Waals surface area contributed by atoms with E-state index in [1.165, 1.54) is 0 Å². The minimum atomic E-state index is 0.00171. The van der Waals surface area contributed by atoms with Gasteiger partial charge in [0.25, 0.3) is 0 Å². The smallest absolute Gasteiger partial charge is 0.225 e. The molecule has 138 valence electrons. The van der Waals surface area contributed by atoms with Crippen LogP contribution in [-0.4, -0.2) is 42.3 Å². The Balaban J connectivity index is 1.73. The summed E-state index contributed by atoms with van der Waals surface area (Å²) in [4.78, 5) is 14.5. The van der Waals surface area contributed by atoms with Crippen molar-refractivity contribution in [2.75, 3.05) is 25.1 Å². The van der Waals surface area contributed by atoms with Crippen molar-refractivity contribution >= 4 is 11.7 Å². The molecule has 6 nitrogen and oxygen atoms in total. The van der Waals surface area contributed by atoms with Crippen LogP contribution in [0.4, 0.5) is 5.82 Å². The van der Waals surface area contributed by atoms with E-state index in [2.05, 4.69) is 20.4 Å². The summed E-state index contributed by atoms with van der Waals surface area (Å²) in [5, 5.41) is 11.8. The molecule has 1 aliphatic heterocycles. The van der Waals surface area contributed by atoms with Gasteiger partial charge in [0, 0.05) is 24.7 Å². The lowest BCUT2D eigenvalue weighted by Crippen LogP contribution is -2.45. The molecule has 26 heavy (non-hydrogen) atoms. The van der Waals surface area contributed by atoms with Crippen LogP contribution in [0.25, 0.3) is 11.3 Å². The van der Waals surface area contributed by atoms with Crippen LogP contribution in [0.15, 0.2) is 36.4 Å². The lowest BCUT2D eigenvalue weighted by atomic mass is 9.97. The maximum atomic E-state index is 12.3. The number of benzene rings is 1. The molecule has 0 radical (unpaired) electrons. The molecule has 1 aromatic carbocycles. The van der Waals surface area contributed by atoms with Crippen LogP contribution in [0.3, 0.4) is 0 Å². The average molecular weight is 354 g/mol. The number of hydrogen-bond donors (Lipinski definition) is 1. The summed E-state index contributed by atoms with van der Waals surface area (Å²) < 4.78 is 5.40. The zero-order chi connectivity index (χ0) is 18.5. The molecular weight excluding hydrogens is 328 g/mol. The molecule has 0 unspecified atom stereocenters. The van der Waals surface area contributed by atoms with Gasteiger partial charge in [-0.2, -0.15) is 0 Å². The summed E-state index contributed by atoms with van der Waals surface area (Å²) in [5.74, 6) is 1.72. The van der Waals surface area contributed by atoms with Crippen molar-refractivity contribution < 1.29 is 9.53 Å². The molecule has 2 aromatic rings. The van der Waals surface area contributed by atoms with Crippen LogP contribution in [0.1, 0.15) is 26.7 Å². The molecule has 1 atom stereocenters. The molecule has 1 amide bonds. The average Bonchev–Trinajstić information content (AvgIpc) is 2.67. The van der Waals surface area contributed by atoms with Gasteiger partial charge in [0.05, 0.1) is 18.7 Å². The Kier molecular flexibility index (Phi) is 5.71. The molecule has 1 aromatic heterocycles. The largest absolute Gasteiger partial charge is 0.496 e. The van der Waals surface area contributed by atoms with E-state index < -0.39 is 0 Å². The molecule has 0 spiro atoms. The molecule has 6 heteroatoms. The predicted molar refractivity (Wildman–Crippen MR) is 102 cm³/mol. The second kappa shape index (κ2) is 8.17. The highest BCUT2D eigenvalue weighted by Crippen LogP contribution is 2.29. The molecule has 1 fully saturated rings. The molecular formula is C20H26N4O2. The third-order valence-electron chi connectivity index (χ3n) is 4.58. The van der Waals surface area contributed by atoms with Crippen molar-refractivity contribution in [1.29, 1.82) is 0 Å². The highest BCUT2D eigenvalue weighted by atomic mass is 16.5. The van der Waals surface area contributed by atoms with Crippen LogP contribution in [0, 0.1) is 5.92 Å². The highest BCUT2D eigenvalue weighted by molar-refractivity contribution is 5.79. The first-order chi connectivity index (χ1) is 12.6. The van der Waals surface area contributed by atoms with Crippen LogP contribution in [0.2, 0.25) is 0 Å². The number of carbonyl (C=O) groups is 1. The van der Waals surface area contributed by atoms with Crippen molar-refractivity contribution in [3.63, 3.8) is 0 Å². The molecule has 2 heterocycles. The summed E-state index contributed by atoms with van der Waals surface area (Å²) in [6, 6.07) is 11.9. The van der Waals surface area contributed by atoms with E-state index in [0.717, 1.165) is 42.2 Å². The fraction of sp³-hybridized carbons (Fsp3) is 0.450. The lowest BCUT2D eigenvalue weighted by Gasteiger charge is -2.33. The van der Waals surface area contributed by atoms with Crippen molar-refractivity contribution in [1.82, 2.24) is 15.5 Å². The van der Waals surface area contributed by atoms with Gasteiger partial charge in [-0.05, 0) is 51.0 Å². The first-order valence-electron chi connectivity index (χ1n) is 9.11. The number of ether oxygens (including phenoxy) is 1. The van der Waals surface area contributed by atoms with Crippen LogP contribution in [0.5, 0.6) is 5.75 Å². The van der Waals surface area contributed by atoms with E-state index in [0.29, 0.717) is 6.54 Å². The van der Waals surface area contributed by atoms with E-state index >= 15 is 0 Å². The zero-order valence-corrected chi connectivity index (χ0v) is 15.6. The normalized spacial score (nSPS) is 17.2. The fourth-order valence-corrected chi connectivity index (χ4v) is 3.30. The van der Waals surface area contributed by atoms with E-state index in [1.807, 2.05) is 50.2 Å².